The van der Waals surface area contributed by atoms with Gasteiger partial charge < -0.3 is 10.4 Å². The minimum absolute atomic E-state index is 0.00318. The van der Waals surface area contributed by atoms with Gasteiger partial charge in [-0.25, -0.2) is 0 Å². The van der Waals surface area contributed by atoms with Gasteiger partial charge in [0.2, 0.25) is 5.91 Å². The quantitative estimate of drug-likeness (QED) is 0.480. The van der Waals surface area contributed by atoms with E-state index in [1.54, 1.807) is 6.08 Å². The number of carbonyl (C=O) groups is 3. The molecule has 0 heterocycles. The number of aliphatic hydroxyl groups is 1. The van der Waals surface area contributed by atoms with Crippen LogP contribution in [0.15, 0.2) is 23.3 Å². The van der Waals surface area contributed by atoms with E-state index in [4.69, 9.17) is 0 Å². The van der Waals surface area contributed by atoms with Gasteiger partial charge in [0.25, 0.3) is 0 Å². The Balaban J connectivity index is 1.68. The van der Waals surface area contributed by atoms with Crippen LogP contribution in [0.3, 0.4) is 0 Å². The third-order valence-electron chi connectivity index (χ3n) is 13.0. The van der Waals surface area contributed by atoms with Crippen molar-refractivity contribution < 1.29 is 19.5 Å². The zero-order valence-corrected chi connectivity index (χ0v) is 25.1. The van der Waals surface area contributed by atoms with Crippen molar-refractivity contribution >= 4 is 17.5 Å². The molecule has 0 aliphatic heterocycles. The molecule has 6 nitrogen and oxygen atoms in total. The SMILES string of the molecule is CCC(=O)N[C@@]1(C)CC[C@]2(C)CC[C@@]3(C)[C@]4(C)CC[C@H]5C(C)(C)C(=O)C(C#N)=C[C@]5(C)C4=CC(=O)[C@]3(O)[C@@H]2C1. The van der Waals surface area contributed by atoms with Crippen molar-refractivity contribution in [3.63, 3.8) is 0 Å². The maximum Gasteiger partial charge on any atom is 0.220 e. The van der Waals surface area contributed by atoms with E-state index in [0.29, 0.717) is 12.8 Å². The summed E-state index contributed by atoms with van der Waals surface area (Å²) in [5.41, 5.74) is -3.66. The Bertz CT molecular complexity index is 1270. The summed E-state index contributed by atoms with van der Waals surface area (Å²) in [6.45, 7) is 16.4. The Morgan fingerprint density at radius 1 is 1.03 bits per heavy atom. The number of hydrogen-bond acceptors (Lipinski definition) is 5. The highest BCUT2D eigenvalue weighted by Gasteiger charge is 2.75. The Morgan fingerprint density at radius 3 is 2.28 bits per heavy atom. The number of carbonyl (C=O) groups excluding carboxylic acids is 3. The standard InChI is InChI=1S/C33H46N2O4/c1-9-25(37)35-29(5)14-12-28(4)13-15-32(8)31(7)11-10-21-27(2,3)26(38)20(19-34)17-30(21,6)22(31)16-24(36)33(32,39)23(28)18-29/h16-17,21,23,39H,9-15,18H2,1-8H3,(H,35,37)/t21-,23+,28+,29-,30-,31+,32-,33+/m0/s1. The van der Waals surface area contributed by atoms with Crippen LogP contribution in [0, 0.1) is 50.2 Å². The topological polar surface area (TPSA) is 107 Å². The van der Waals surface area contributed by atoms with Crippen LogP contribution in [0.25, 0.3) is 0 Å². The van der Waals surface area contributed by atoms with Crippen LogP contribution in [0.4, 0.5) is 0 Å². The van der Waals surface area contributed by atoms with E-state index in [1.807, 2.05) is 26.8 Å². The fourth-order valence-electron chi connectivity index (χ4n) is 10.3. The van der Waals surface area contributed by atoms with Crippen LogP contribution in [0.2, 0.25) is 0 Å². The second kappa shape index (κ2) is 8.15. The van der Waals surface area contributed by atoms with E-state index in [9.17, 15) is 24.8 Å². The predicted octanol–water partition coefficient (Wildman–Crippen LogP) is 5.60. The molecule has 0 spiro atoms. The zero-order chi connectivity index (χ0) is 29.0. The average molecular weight is 535 g/mol. The van der Waals surface area contributed by atoms with Gasteiger partial charge in [0, 0.05) is 34.1 Å². The zero-order valence-electron chi connectivity index (χ0n) is 25.1. The first-order chi connectivity index (χ1) is 17.9. The normalized spacial score (nSPS) is 48.3. The maximum absolute atomic E-state index is 14.5. The van der Waals surface area contributed by atoms with Crippen LogP contribution < -0.4 is 5.32 Å². The van der Waals surface area contributed by atoms with Crippen LogP contribution in [-0.4, -0.2) is 33.7 Å². The molecule has 0 radical (unpaired) electrons. The van der Waals surface area contributed by atoms with E-state index >= 15 is 0 Å². The van der Waals surface area contributed by atoms with Crippen LogP contribution in [-0.2, 0) is 14.4 Å². The lowest BCUT2D eigenvalue weighted by molar-refractivity contribution is -0.240. The number of fused-ring (bicyclic) bond motifs is 7. The van der Waals surface area contributed by atoms with E-state index in [0.717, 1.165) is 44.1 Å². The minimum Gasteiger partial charge on any atom is -0.381 e. The molecule has 5 aliphatic carbocycles. The Kier molecular flexibility index (Phi) is 5.91. The third kappa shape index (κ3) is 3.32. The van der Waals surface area contributed by atoms with Gasteiger partial charge in [-0.3, -0.25) is 14.4 Å². The lowest BCUT2D eigenvalue weighted by atomic mass is 9.33. The average Bonchev–Trinajstić information content (AvgIpc) is 2.86. The van der Waals surface area contributed by atoms with Crippen LogP contribution >= 0.6 is 0 Å². The molecule has 3 saturated carbocycles. The van der Waals surface area contributed by atoms with Crippen molar-refractivity contribution in [1.82, 2.24) is 5.32 Å². The van der Waals surface area contributed by atoms with Gasteiger partial charge in [-0.1, -0.05) is 54.5 Å². The number of nitrogens with zero attached hydrogens (tertiary/aromatic N) is 1. The van der Waals surface area contributed by atoms with Gasteiger partial charge in [0.1, 0.15) is 11.7 Å². The summed E-state index contributed by atoms with van der Waals surface area (Å²) in [5.74, 6) is -0.695. The van der Waals surface area contributed by atoms with E-state index in [1.165, 1.54) is 0 Å². The van der Waals surface area contributed by atoms with Crippen LogP contribution in [0.1, 0.15) is 107 Å². The number of nitrogens with one attached hydrogen (secondary N) is 1. The van der Waals surface area contributed by atoms with Gasteiger partial charge >= 0.3 is 0 Å². The minimum atomic E-state index is -1.57. The van der Waals surface area contributed by atoms with Crippen molar-refractivity contribution in [3.05, 3.63) is 23.3 Å². The molecular weight excluding hydrogens is 488 g/mol. The number of Topliss-reactive ketones (excluding diaryl/α,β-unsaturated/α-hetero) is 1. The van der Waals surface area contributed by atoms with E-state index in [-0.39, 0.29) is 40.3 Å². The third-order valence-corrected chi connectivity index (χ3v) is 13.0. The fourth-order valence-corrected chi connectivity index (χ4v) is 10.3. The van der Waals surface area contributed by atoms with Crippen molar-refractivity contribution in [2.24, 2.45) is 38.9 Å². The molecule has 212 valence electrons. The van der Waals surface area contributed by atoms with Gasteiger partial charge in [-0.2, -0.15) is 5.26 Å². The number of amides is 1. The van der Waals surface area contributed by atoms with Gasteiger partial charge in [0.15, 0.2) is 11.6 Å². The molecule has 0 unspecified atom stereocenters. The molecule has 5 aliphatic rings. The predicted molar refractivity (Wildman–Crippen MR) is 149 cm³/mol. The second-order valence-electron chi connectivity index (χ2n) is 15.3. The number of hydrogen-bond donors (Lipinski definition) is 2. The lowest BCUT2D eigenvalue weighted by Crippen LogP contribution is -2.74. The summed E-state index contributed by atoms with van der Waals surface area (Å²) in [6, 6.07) is 2.15. The van der Waals surface area contributed by atoms with Gasteiger partial charge in [-0.05, 0) is 80.3 Å². The largest absolute Gasteiger partial charge is 0.381 e. The molecule has 0 saturated heterocycles. The highest BCUT2D eigenvalue weighted by atomic mass is 16.3. The first kappa shape index (κ1) is 28.3. The van der Waals surface area contributed by atoms with Crippen molar-refractivity contribution in [3.8, 4) is 6.07 Å². The first-order valence-electron chi connectivity index (χ1n) is 14.9. The number of nitriles is 1. The molecule has 2 N–H and O–H groups in total. The monoisotopic (exact) mass is 534 g/mol. The van der Waals surface area contributed by atoms with Crippen molar-refractivity contribution in [2.75, 3.05) is 0 Å². The Labute approximate surface area is 233 Å². The van der Waals surface area contributed by atoms with Crippen molar-refractivity contribution in [1.29, 1.82) is 5.26 Å². The van der Waals surface area contributed by atoms with Crippen molar-refractivity contribution in [2.45, 2.75) is 118 Å². The molecule has 5 rings (SSSR count). The molecule has 0 bridgehead atoms. The Morgan fingerprint density at radius 2 is 1.67 bits per heavy atom. The summed E-state index contributed by atoms with van der Waals surface area (Å²) in [5, 5.41) is 26.0. The van der Waals surface area contributed by atoms with Gasteiger partial charge in [-0.15, -0.1) is 0 Å². The second-order valence-corrected chi connectivity index (χ2v) is 15.3. The van der Waals surface area contributed by atoms with E-state index in [2.05, 4.69) is 46.0 Å². The first-order valence-corrected chi connectivity index (χ1v) is 14.9. The molecule has 0 aromatic heterocycles. The van der Waals surface area contributed by atoms with Gasteiger partial charge in [0.05, 0.1) is 5.57 Å². The van der Waals surface area contributed by atoms with Crippen LogP contribution in [0.5, 0.6) is 0 Å². The number of ketones is 2. The van der Waals surface area contributed by atoms with E-state index < -0.39 is 32.8 Å². The molecule has 3 fully saturated rings. The maximum atomic E-state index is 14.5. The molecule has 0 aromatic carbocycles. The lowest BCUT2D eigenvalue weighted by Gasteiger charge is -2.71. The summed E-state index contributed by atoms with van der Waals surface area (Å²) < 4.78 is 0. The summed E-state index contributed by atoms with van der Waals surface area (Å²) in [4.78, 5) is 40.1. The summed E-state index contributed by atoms with van der Waals surface area (Å²) in [6.07, 6.45) is 9.38. The highest BCUT2D eigenvalue weighted by molar-refractivity contribution is 6.05. The molecular formula is C33H46N2O4. The number of rotatable bonds is 2. The molecule has 39 heavy (non-hydrogen) atoms. The highest BCUT2D eigenvalue weighted by Crippen LogP contribution is 2.75. The smallest absolute Gasteiger partial charge is 0.220 e. The molecule has 0 aromatic rings. The Hall–Kier alpha value is -2.26. The summed E-state index contributed by atoms with van der Waals surface area (Å²) in [7, 11) is 0. The molecule has 1 amide bonds. The number of allylic oxidation sites excluding steroid dienone is 3. The fraction of sp³-hybridized carbons (Fsp3) is 0.758. The molecule has 8 atom stereocenters. The summed E-state index contributed by atoms with van der Waals surface area (Å²) >= 11 is 0. The molecule has 6 heteroatoms.